The first-order valence-electron chi connectivity index (χ1n) is 9.30. The predicted molar refractivity (Wildman–Crippen MR) is 102 cm³/mol. The number of carbonyl (C=O) groups excluding carboxylic acids is 2. The van der Waals surface area contributed by atoms with Gasteiger partial charge in [0.15, 0.2) is 0 Å². The topological polar surface area (TPSA) is 120 Å². The lowest BCUT2D eigenvalue weighted by atomic mass is 9.79. The van der Waals surface area contributed by atoms with Crippen molar-refractivity contribution < 1.29 is 14.8 Å². The van der Waals surface area contributed by atoms with Crippen LogP contribution in [0.25, 0.3) is 11.3 Å². The van der Waals surface area contributed by atoms with Crippen LogP contribution in [-0.4, -0.2) is 43.6 Å². The smallest absolute Gasteiger partial charge is 0.264 e. The number of hydrogen-bond donors (Lipinski definition) is 3. The Morgan fingerprint density at radius 3 is 2.75 bits per heavy atom. The van der Waals surface area contributed by atoms with Crippen molar-refractivity contribution in [1.29, 1.82) is 0 Å². The molecule has 2 amide bonds. The maximum Gasteiger partial charge on any atom is 0.264 e. The third-order valence-electron chi connectivity index (χ3n) is 5.08. The summed E-state index contributed by atoms with van der Waals surface area (Å²) in [5, 5.41) is 10.4. The van der Waals surface area contributed by atoms with Crippen LogP contribution in [0.2, 0.25) is 0 Å². The number of hydrazine groups is 1. The standard InChI is InChI=1S/C19H24N6O3/c1-13-4-6-14(7-5-13)17(25(28)12-26)18(27)23-24-19-21-10-8-16(22-19)15-3-2-9-20-11-15/h2-3,8-14,17,28H,4-7H2,1H3,(H,23,27)(H,21,22,24). The molecular formula is C19H24N6O3. The fourth-order valence-electron chi connectivity index (χ4n) is 3.50. The fourth-order valence-corrected chi connectivity index (χ4v) is 3.50. The number of nitrogens with zero attached hydrogens (tertiary/aromatic N) is 4. The van der Waals surface area contributed by atoms with Crippen molar-refractivity contribution >= 4 is 18.3 Å². The summed E-state index contributed by atoms with van der Waals surface area (Å²) in [4.78, 5) is 36.2. The number of aromatic nitrogens is 3. The lowest BCUT2D eigenvalue weighted by Crippen LogP contribution is -2.51. The van der Waals surface area contributed by atoms with Crippen molar-refractivity contribution in [3.63, 3.8) is 0 Å². The van der Waals surface area contributed by atoms with Gasteiger partial charge < -0.3 is 0 Å². The maximum atomic E-state index is 12.7. The summed E-state index contributed by atoms with van der Waals surface area (Å²) in [7, 11) is 0. The van der Waals surface area contributed by atoms with E-state index in [2.05, 4.69) is 32.7 Å². The molecule has 9 heteroatoms. The van der Waals surface area contributed by atoms with E-state index in [1.807, 2.05) is 6.07 Å². The average Bonchev–Trinajstić information content (AvgIpc) is 2.74. The first-order chi connectivity index (χ1) is 13.6. The van der Waals surface area contributed by atoms with Crippen LogP contribution in [0.5, 0.6) is 0 Å². The zero-order valence-corrected chi connectivity index (χ0v) is 15.7. The molecule has 1 atom stereocenters. The summed E-state index contributed by atoms with van der Waals surface area (Å²) in [6, 6.07) is 4.44. The van der Waals surface area contributed by atoms with Crippen molar-refractivity contribution in [1.82, 2.24) is 25.4 Å². The van der Waals surface area contributed by atoms with E-state index in [1.165, 1.54) is 0 Å². The minimum absolute atomic E-state index is 0.101. The van der Waals surface area contributed by atoms with Gasteiger partial charge in [0.1, 0.15) is 6.04 Å². The number of pyridine rings is 1. The molecule has 1 saturated carbocycles. The van der Waals surface area contributed by atoms with Gasteiger partial charge >= 0.3 is 0 Å². The van der Waals surface area contributed by atoms with Crippen molar-refractivity contribution in [3.8, 4) is 11.3 Å². The first kappa shape index (κ1) is 19.7. The van der Waals surface area contributed by atoms with Gasteiger partial charge in [-0.1, -0.05) is 19.8 Å². The van der Waals surface area contributed by atoms with E-state index in [9.17, 15) is 14.8 Å². The Bertz CT molecular complexity index is 795. The van der Waals surface area contributed by atoms with Crippen LogP contribution >= 0.6 is 0 Å². The second kappa shape index (κ2) is 9.23. The SMILES string of the molecule is CC1CCC(C(C(=O)NNc2nccc(-c3cccnc3)n2)N(O)C=O)CC1. The zero-order chi connectivity index (χ0) is 19.9. The number of nitrogens with one attached hydrogen (secondary N) is 2. The molecule has 0 aliphatic heterocycles. The number of hydroxylamine groups is 2. The van der Waals surface area contributed by atoms with E-state index in [-0.39, 0.29) is 18.3 Å². The van der Waals surface area contributed by atoms with E-state index in [4.69, 9.17) is 0 Å². The Kier molecular flexibility index (Phi) is 6.49. The Hall–Kier alpha value is -3.07. The number of hydrogen-bond acceptors (Lipinski definition) is 7. The van der Waals surface area contributed by atoms with Crippen molar-refractivity contribution in [3.05, 3.63) is 36.8 Å². The van der Waals surface area contributed by atoms with Gasteiger partial charge in [-0.25, -0.2) is 15.0 Å². The Morgan fingerprint density at radius 1 is 1.29 bits per heavy atom. The molecule has 148 valence electrons. The van der Waals surface area contributed by atoms with Crippen LogP contribution in [0, 0.1) is 11.8 Å². The minimum Gasteiger partial charge on any atom is -0.285 e. The van der Waals surface area contributed by atoms with Gasteiger partial charge in [0.2, 0.25) is 12.4 Å². The average molecular weight is 384 g/mol. The molecule has 0 saturated heterocycles. The highest BCUT2D eigenvalue weighted by Gasteiger charge is 2.35. The molecule has 2 heterocycles. The number of amides is 2. The molecule has 1 unspecified atom stereocenters. The molecule has 9 nitrogen and oxygen atoms in total. The number of anilines is 1. The van der Waals surface area contributed by atoms with Crippen LogP contribution in [0.15, 0.2) is 36.8 Å². The largest absolute Gasteiger partial charge is 0.285 e. The molecular weight excluding hydrogens is 360 g/mol. The van der Waals surface area contributed by atoms with E-state index >= 15 is 0 Å². The molecule has 1 aliphatic carbocycles. The van der Waals surface area contributed by atoms with E-state index in [0.717, 1.165) is 31.2 Å². The third-order valence-corrected chi connectivity index (χ3v) is 5.08. The highest BCUT2D eigenvalue weighted by atomic mass is 16.5. The lowest BCUT2D eigenvalue weighted by Gasteiger charge is -2.34. The highest BCUT2D eigenvalue weighted by Crippen LogP contribution is 2.32. The minimum atomic E-state index is -0.959. The molecule has 0 aromatic carbocycles. The molecule has 28 heavy (non-hydrogen) atoms. The number of carbonyl (C=O) groups is 2. The van der Waals surface area contributed by atoms with Crippen molar-refractivity contribution in [2.75, 3.05) is 5.43 Å². The van der Waals surface area contributed by atoms with Crippen LogP contribution in [0.1, 0.15) is 32.6 Å². The Balaban J connectivity index is 1.66. The predicted octanol–water partition coefficient (Wildman–Crippen LogP) is 2.02. The van der Waals surface area contributed by atoms with Crippen LogP contribution < -0.4 is 10.9 Å². The Labute approximate surface area is 163 Å². The van der Waals surface area contributed by atoms with Crippen LogP contribution in [-0.2, 0) is 9.59 Å². The molecule has 3 rings (SSSR count). The van der Waals surface area contributed by atoms with E-state index < -0.39 is 11.9 Å². The van der Waals surface area contributed by atoms with Gasteiger partial charge in [-0.05, 0) is 42.9 Å². The summed E-state index contributed by atoms with van der Waals surface area (Å²) >= 11 is 0. The van der Waals surface area contributed by atoms with Crippen LogP contribution in [0.3, 0.4) is 0 Å². The third kappa shape index (κ3) is 4.80. The van der Waals surface area contributed by atoms with Gasteiger partial charge in [0, 0.05) is 24.2 Å². The fraction of sp³-hybridized carbons (Fsp3) is 0.421. The second-order valence-corrected chi connectivity index (χ2v) is 7.07. The maximum absolute atomic E-state index is 12.7. The molecule has 0 radical (unpaired) electrons. The highest BCUT2D eigenvalue weighted by molar-refractivity contribution is 5.84. The van der Waals surface area contributed by atoms with Gasteiger partial charge in [-0.15, -0.1) is 0 Å². The summed E-state index contributed by atoms with van der Waals surface area (Å²) in [6.07, 6.45) is 8.65. The molecule has 2 aromatic rings. The normalized spacial score (nSPS) is 20.1. The molecule has 1 aliphatic rings. The second-order valence-electron chi connectivity index (χ2n) is 7.07. The van der Waals surface area contributed by atoms with E-state index in [0.29, 0.717) is 16.7 Å². The number of rotatable bonds is 7. The van der Waals surface area contributed by atoms with Crippen LogP contribution in [0.4, 0.5) is 5.95 Å². The van der Waals surface area contributed by atoms with Gasteiger partial charge in [-0.2, -0.15) is 0 Å². The molecule has 1 fully saturated rings. The van der Waals surface area contributed by atoms with Crippen molar-refractivity contribution in [2.24, 2.45) is 11.8 Å². The summed E-state index contributed by atoms with van der Waals surface area (Å²) in [5.74, 6) is 0.173. The summed E-state index contributed by atoms with van der Waals surface area (Å²) in [5.41, 5.74) is 6.64. The molecule has 3 N–H and O–H groups in total. The molecule has 0 bridgehead atoms. The lowest BCUT2D eigenvalue weighted by molar-refractivity contribution is -0.173. The van der Waals surface area contributed by atoms with Crippen molar-refractivity contribution in [2.45, 2.75) is 38.6 Å². The van der Waals surface area contributed by atoms with Gasteiger partial charge in [0.25, 0.3) is 5.91 Å². The quantitative estimate of drug-likeness (QED) is 0.379. The summed E-state index contributed by atoms with van der Waals surface area (Å²) < 4.78 is 0. The molecule has 0 spiro atoms. The van der Waals surface area contributed by atoms with Gasteiger partial charge in [0.05, 0.1) is 5.69 Å². The first-order valence-corrected chi connectivity index (χ1v) is 9.30. The summed E-state index contributed by atoms with van der Waals surface area (Å²) in [6.45, 7) is 2.16. The zero-order valence-electron chi connectivity index (χ0n) is 15.7. The van der Waals surface area contributed by atoms with E-state index in [1.54, 1.807) is 30.7 Å². The molecule has 2 aromatic heterocycles. The Morgan fingerprint density at radius 2 is 2.07 bits per heavy atom. The van der Waals surface area contributed by atoms with Gasteiger partial charge in [-0.3, -0.25) is 30.6 Å². The monoisotopic (exact) mass is 384 g/mol.